The molecule has 0 bridgehead atoms. The predicted octanol–water partition coefficient (Wildman–Crippen LogP) is 7.96. The van der Waals surface area contributed by atoms with Gasteiger partial charge in [-0.25, -0.2) is 4.99 Å². The van der Waals surface area contributed by atoms with Gasteiger partial charge in [0.1, 0.15) is 17.3 Å². The van der Waals surface area contributed by atoms with Crippen molar-refractivity contribution in [2.45, 2.75) is 124 Å². The van der Waals surface area contributed by atoms with Crippen LogP contribution < -0.4 is 5.32 Å². The third-order valence-corrected chi connectivity index (χ3v) is 8.21. The van der Waals surface area contributed by atoms with Gasteiger partial charge in [-0.05, 0) is 89.7 Å². The van der Waals surface area contributed by atoms with E-state index in [0.717, 1.165) is 62.7 Å². The van der Waals surface area contributed by atoms with Gasteiger partial charge in [0, 0.05) is 37.2 Å². The van der Waals surface area contributed by atoms with E-state index >= 15 is 0 Å². The molecule has 1 unspecified atom stereocenters. The summed E-state index contributed by atoms with van der Waals surface area (Å²) < 4.78 is 5.58. The lowest BCUT2D eigenvalue weighted by atomic mass is 9.70. The number of carbonyl (C=O) groups excluding carboxylic acids is 1. The number of hydrogen-bond acceptors (Lipinski definition) is 5. The normalized spacial score (nSPS) is 20.0. The lowest BCUT2D eigenvalue weighted by molar-refractivity contribution is -0.156. The molecule has 0 spiro atoms. The van der Waals surface area contributed by atoms with Gasteiger partial charge in [-0.1, -0.05) is 46.1 Å². The maximum atomic E-state index is 12.4. The fourth-order valence-corrected chi connectivity index (χ4v) is 6.19. The molecule has 1 aromatic rings. The molecule has 1 aliphatic heterocycles. The summed E-state index contributed by atoms with van der Waals surface area (Å²) >= 11 is 0. The number of H-pyrrole nitrogens is 1. The number of anilines is 1. The quantitative estimate of drug-likeness (QED) is 0.169. The lowest BCUT2D eigenvalue weighted by Gasteiger charge is -2.43. The zero-order chi connectivity index (χ0) is 28.5. The number of likely N-dealkylation sites (tertiary alicyclic amines) is 1. The van der Waals surface area contributed by atoms with E-state index in [0.29, 0.717) is 18.3 Å². The first-order valence-corrected chi connectivity index (χ1v) is 15.3. The Kier molecular flexibility index (Phi) is 11.3. The van der Waals surface area contributed by atoms with E-state index < -0.39 is 5.60 Å². The van der Waals surface area contributed by atoms with Gasteiger partial charge in [0.25, 0.3) is 0 Å². The first kappa shape index (κ1) is 31.0. The Labute approximate surface area is 237 Å². The van der Waals surface area contributed by atoms with Gasteiger partial charge in [-0.2, -0.15) is 5.10 Å². The minimum Gasteiger partial charge on any atom is -0.460 e. The van der Waals surface area contributed by atoms with Crippen LogP contribution in [-0.4, -0.2) is 45.6 Å². The number of nitrogens with zero attached hydrogens (tertiary/aromatic N) is 3. The fourth-order valence-electron chi connectivity index (χ4n) is 6.19. The third kappa shape index (κ3) is 9.54. The third-order valence-electron chi connectivity index (χ3n) is 8.21. The standard InChI is InChI=1S/C32H53N5O2/c1-8-13-27(33-28-22-26(35-36-28)25-15-11-12-16-25)34-29(14-9-2)37-19-17-32(10-3,18-20-37)23-24(4)21-30(38)39-31(5,6)7/h8,13-14,22,24-25H,9-12,15-21,23H2,1-7H3,(H2,33,34,35,36)/b13-8-,29-14-. The van der Waals surface area contributed by atoms with Crippen molar-refractivity contribution < 1.29 is 9.53 Å². The average Bonchev–Trinajstić information content (AvgIpc) is 3.55. The van der Waals surface area contributed by atoms with Crippen molar-refractivity contribution in [3.8, 4) is 0 Å². The van der Waals surface area contributed by atoms with E-state index in [1.54, 1.807) is 0 Å². The van der Waals surface area contributed by atoms with Crippen LogP contribution in [0.15, 0.2) is 35.1 Å². The van der Waals surface area contributed by atoms with Crippen molar-refractivity contribution in [3.05, 3.63) is 35.8 Å². The predicted molar refractivity (Wildman–Crippen MR) is 162 cm³/mol. The Bertz CT molecular complexity index is 1000. The van der Waals surface area contributed by atoms with Crippen LogP contribution in [0.1, 0.15) is 124 Å². The minimum atomic E-state index is -0.427. The summed E-state index contributed by atoms with van der Waals surface area (Å²) in [6.07, 6.45) is 17.2. The highest BCUT2D eigenvalue weighted by Gasteiger charge is 2.35. The van der Waals surface area contributed by atoms with Crippen molar-refractivity contribution in [1.29, 1.82) is 0 Å². The number of aromatic nitrogens is 2. The second-order valence-electron chi connectivity index (χ2n) is 12.7. The van der Waals surface area contributed by atoms with Gasteiger partial charge < -0.3 is 15.0 Å². The molecule has 7 nitrogen and oxygen atoms in total. The molecule has 1 saturated carbocycles. The molecule has 0 aromatic carbocycles. The topological polar surface area (TPSA) is 82.6 Å². The van der Waals surface area contributed by atoms with Gasteiger partial charge in [-0.15, -0.1) is 0 Å². The SMILES string of the molecule is C\C=C/C(=N/C(=C/CC)N1CCC(CC)(CC(C)CC(=O)OC(C)(C)C)CC1)Nc1cc(C2CCCC2)[nH]n1. The zero-order valence-corrected chi connectivity index (χ0v) is 25.6. The number of ether oxygens (including phenoxy) is 1. The van der Waals surface area contributed by atoms with E-state index in [1.807, 2.05) is 39.8 Å². The Hall–Kier alpha value is -2.57. The van der Waals surface area contributed by atoms with Crippen molar-refractivity contribution in [2.24, 2.45) is 16.3 Å². The van der Waals surface area contributed by atoms with E-state index in [-0.39, 0.29) is 11.4 Å². The van der Waals surface area contributed by atoms with Crippen LogP contribution in [-0.2, 0) is 9.53 Å². The van der Waals surface area contributed by atoms with Gasteiger partial charge in [0.2, 0.25) is 0 Å². The van der Waals surface area contributed by atoms with E-state index in [1.165, 1.54) is 31.4 Å². The molecule has 1 aromatic heterocycles. The summed E-state index contributed by atoms with van der Waals surface area (Å²) in [7, 11) is 0. The van der Waals surface area contributed by atoms with Gasteiger partial charge in [0.05, 0.1) is 0 Å². The lowest BCUT2D eigenvalue weighted by Crippen LogP contribution is -2.40. The first-order chi connectivity index (χ1) is 18.6. The summed E-state index contributed by atoms with van der Waals surface area (Å²) in [4.78, 5) is 19.9. The molecule has 2 heterocycles. The van der Waals surface area contributed by atoms with Crippen LogP contribution in [0.25, 0.3) is 0 Å². The van der Waals surface area contributed by atoms with Crippen LogP contribution >= 0.6 is 0 Å². The highest BCUT2D eigenvalue weighted by atomic mass is 16.6. The number of rotatable bonds is 11. The molecular formula is C32H53N5O2. The number of allylic oxidation sites excluding steroid dienone is 2. The molecule has 218 valence electrons. The summed E-state index contributed by atoms with van der Waals surface area (Å²) in [5, 5.41) is 11.2. The molecular weight excluding hydrogens is 486 g/mol. The molecule has 1 aliphatic carbocycles. The van der Waals surface area contributed by atoms with Crippen molar-refractivity contribution in [1.82, 2.24) is 15.1 Å². The molecule has 2 aliphatic rings. The van der Waals surface area contributed by atoms with Crippen LogP contribution in [0.3, 0.4) is 0 Å². The number of hydrogen-bond donors (Lipinski definition) is 2. The maximum Gasteiger partial charge on any atom is 0.306 e. The van der Waals surface area contributed by atoms with E-state index in [2.05, 4.69) is 53.3 Å². The second kappa shape index (κ2) is 14.2. The van der Waals surface area contributed by atoms with Crippen LogP contribution in [0.5, 0.6) is 0 Å². The smallest absolute Gasteiger partial charge is 0.306 e. The Balaban J connectivity index is 1.64. The summed E-state index contributed by atoms with van der Waals surface area (Å²) in [5.74, 6) is 3.48. The van der Waals surface area contributed by atoms with Gasteiger partial charge >= 0.3 is 5.97 Å². The maximum absolute atomic E-state index is 12.4. The van der Waals surface area contributed by atoms with Crippen LogP contribution in [0.4, 0.5) is 5.82 Å². The highest BCUT2D eigenvalue weighted by molar-refractivity contribution is 6.03. The average molecular weight is 540 g/mol. The molecule has 1 atom stereocenters. The second-order valence-corrected chi connectivity index (χ2v) is 12.7. The number of aliphatic imine (C=N–C) groups is 1. The zero-order valence-electron chi connectivity index (χ0n) is 25.6. The van der Waals surface area contributed by atoms with E-state index in [9.17, 15) is 4.79 Å². The number of esters is 1. The molecule has 1 saturated heterocycles. The van der Waals surface area contributed by atoms with Gasteiger partial charge in [0.15, 0.2) is 5.82 Å². The van der Waals surface area contributed by atoms with Crippen molar-refractivity contribution in [2.75, 3.05) is 18.4 Å². The highest BCUT2D eigenvalue weighted by Crippen LogP contribution is 2.42. The van der Waals surface area contributed by atoms with Crippen molar-refractivity contribution >= 4 is 17.6 Å². The summed E-state index contributed by atoms with van der Waals surface area (Å²) in [6, 6.07) is 2.15. The molecule has 2 fully saturated rings. The van der Waals surface area contributed by atoms with Crippen LogP contribution in [0, 0.1) is 11.3 Å². The monoisotopic (exact) mass is 539 g/mol. The molecule has 7 heteroatoms. The minimum absolute atomic E-state index is 0.0857. The Morgan fingerprint density at radius 1 is 1.28 bits per heavy atom. The summed E-state index contributed by atoms with van der Waals surface area (Å²) in [5.41, 5.74) is 1.06. The van der Waals surface area contributed by atoms with Crippen molar-refractivity contribution in [3.63, 3.8) is 0 Å². The first-order valence-electron chi connectivity index (χ1n) is 15.3. The van der Waals surface area contributed by atoms with Crippen LogP contribution in [0.2, 0.25) is 0 Å². The van der Waals surface area contributed by atoms with E-state index in [4.69, 9.17) is 9.73 Å². The molecule has 2 N–H and O–H groups in total. The Morgan fingerprint density at radius 3 is 2.56 bits per heavy atom. The summed E-state index contributed by atoms with van der Waals surface area (Å²) in [6.45, 7) is 16.4. The Morgan fingerprint density at radius 2 is 1.97 bits per heavy atom. The number of aromatic amines is 1. The number of carbonyl (C=O) groups is 1. The molecule has 39 heavy (non-hydrogen) atoms. The molecule has 0 radical (unpaired) electrons. The number of piperidine rings is 1. The largest absolute Gasteiger partial charge is 0.460 e. The molecule has 3 rings (SSSR count). The number of nitrogens with one attached hydrogen (secondary N) is 2. The number of amidine groups is 1. The molecule has 0 amide bonds. The van der Waals surface area contributed by atoms with Gasteiger partial charge in [-0.3, -0.25) is 9.89 Å². The fraction of sp³-hybridized carbons (Fsp3) is 0.719.